The number of fused-ring (bicyclic) bond motifs is 1. The highest BCUT2D eigenvalue weighted by Crippen LogP contribution is 2.59. The Labute approximate surface area is 123 Å². The molecule has 3 aliphatic rings. The first-order valence-corrected chi connectivity index (χ1v) is 7.30. The zero-order chi connectivity index (χ0) is 14.8. The Balaban J connectivity index is 1.34. The molecule has 114 valence electrons. The van der Waals surface area contributed by atoms with Gasteiger partial charge in [-0.25, -0.2) is 9.18 Å². The minimum Gasteiger partial charge on any atom is -0.445 e. The number of ether oxygens (including phenoxy) is 2. The van der Waals surface area contributed by atoms with Gasteiger partial charge in [-0.1, -0.05) is 30.3 Å². The lowest BCUT2D eigenvalue weighted by Gasteiger charge is -2.43. The summed E-state index contributed by atoms with van der Waals surface area (Å²) in [6.45, 7) is 1.02. The van der Waals surface area contributed by atoms with Gasteiger partial charge >= 0.3 is 6.09 Å². The Morgan fingerprint density at radius 2 is 2.10 bits per heavy atom. The maximum Gasteiger partial charge on any atom is 0.407 e. The quantitative estimate of drug-likeness (QED) is 0.877. The van der Waals surface area contributed by atoms with Crippen LogP contribution in [0.25, 0.3) is 0 Å². The molecule has 3 fully saturated rings. The minimum absolute atomic E-state index is 0.0683. The van der Waals surface area contributed by atoms with Crippen LogP contribution in [-0.2, 0) is 16.1 Å². The number of amides is 1. The van der Waals surface area contributed by atoms with E-state index in [9.17, 15) is 9.18 Å². The molecule has 2 saturated heterocycles. The second kappa shape index (κ2) is 5.64. The Morgan fingerprint density at radius 3 is 2.76 bits per heavy atom. The van der Waals surface area contributed by atoms with E-state index in [1.165, 1.54) is 0 Å². The minimum atomic E-state index is -0.506. The predicted octanol–water partition coefficient (Wildman–Crippen LogP) is 2.82. The molecule has 2 heterocycles. The largest absolute Gasteiger partial charge is 0.445 e. The third kappa shape index (κ3) is 3.02. The number of hydrogen-bond donors (Lipinski definition) is 1. The zero-order valence-corrected chi connectivity index (χ0v) is 11.9. The van der Waals surface area contributed by atoms with Gasteiger partial charge in [0.05, 0.1) is 12.2 Å². The Bertz CT molecular complexity index is 500. The van der Waals surface area contributed by atoms with Crippen molar-refractivity contribution >= 4 is 6.09 Å². The molecular weight excluding hydrogens is 273 g/mol. The van der Waals surface area contributed by atoms with Crippen molar-refractivity contribution in [2.24, 2.45) is 5.41 Å². The molecule has 1 N–H and O–H groups in total. The standard InChI is InChI=1S/C16H20FNO3/c17-11-16-9-15(10-16,12-21-16)6-7-18-14(19)20-8-13-4-2-1-3-5-13/h1-5H,6-12H2,(H,18,19). The summed E-state index contributed by atoms with van der Waals surface area (Å²) in [6.07, 6.45) is 1.95. The van der Waals surface area contributed by atoms with Crippen LogP contribution in [0.4, 0.5) is 9.18 Å². The van der Waals surface area contributed by atoms with E-state index in [-0.39, 0.29) is 12.0 Å². The number of carbonyl (C=O) groups excluding carboxylic acids is 1. The summed E-state index contributed by atoms with van der Waals surface area (Å²) in [7, 11) is 0. The molecule has 0 unspecified atom stereocenters. The predicted molar refractivity (Wildman–Crippen MR) is 75.6 cm³/mol. The molecule has 1 saturated carbocycles. The second-order valence-electron chi connectivity index (χ2n) is 6.20. The number of carbonyl (C=O) groups is 1. The molecule has 4 rings (SSSR count). The van der Waals surface area contributed by atoms with Gasteiger partial charge in [0.1, 0.15) is 13.3 Å². The molecule has 0 atom stereocenters. The van der Waals surface area contributed by atoms with Crippen LogP contribution >= 0.6 is 0 Å². The maximum absolute atomic E-state index is 12.8. The highest BCUT2D eigenvalue weighted by molar-refractivity contribution is 5.67. The number of hydrogen-bond acceptors (Lipinski definition) is 3. The van der Waals surface area contributed by atoms with Gasteiger partial charge < -0.3 is 14.8 Å². The van der Waals surface area contributed by atoms with E-state index in [1.54, 1.807) is 0 Å². The van der Waals surface area contributed by atoms with Crippen LogP contribution in [0.3, 0.4) is 0 Å². The van der Waals surface area contributed by atoms with Gasteiger partial charge in [0, 0.05) is 12.0 Å². The lowest BCUT2D eigenvalue weighted by molar-refractivity contribution is -0.0357. The van der Waals surface area contributed by atoms with Gasteiger partial charge in [-0.05, 0) is 24.8 Å². The first-order chi connectivity index (χ1) is 10.2. The fraction of sp³-hybridized carbons (Fsp3) is 0.562. The van der Waals surface area contributed by atoms with E-state index in [1.807, 2.05) is 30.3 Å². The summed E-state index contributed by atoms with van der Waals surface area (Å²) >= 11 is 0. The third-order valence-corrected chi connectivity index (χ3v) is 4.46. The number of alkyl halides is 1. The summed E-state index contributed by atoms with van der Waals surface area (Å²) in [5, 5.41) is 2.75. The fourth-order valence-electron chi connectivity index (χ4n) is 3.41. The lowest BCUT2D eigenvalue weighted by Crippen LogP contribution is -2.47. The van der Waals surface area contributed by atoms with Crippen molar-refractivity contribution in [3.8, 4) is 0 Å². The molecule has 0 spiro atoms. The van der Waals surface area contributed by atoms with Gasteiger partial charge in [-0.3, -0.25) is 0 Å². The third-order valence-electron chi connectivity index (χ3n) is 4.46. The van der Waals surface area contributed by atoms with Crippen molar-refractivity contribution in [2.75, 3.05) is 19.8 Å². The smallest absolute Gasteiger partial charge is 0.407 e. The molecule has 0 radical (unpaired) electrons. The average molecular weight is 293 g/mol. The van der Waals surface area contributed by atoms with E-state index < -0.39 is 18.4 Å². The summed E-state index contributed by atoms with van der Waals surface area (Å²) < 4.78 is 23.4. The van der Waals surface area contributed by atoms with Crippen molar-refractivity contribution in [3.05, 3.63) is 35.9 Å². The van der Waals surface area contributed by atoms with Gasteiger partial charge in [-0.2, -0.15) is 0 Å². The molecule has 2 bridgehead atoms. The van der Waals surface area contributed by atoms with Gasteiger partial charge in [0.15, 0.2) is 0 Å². The van der Waals surface area contributed by atoms with Gasteiger partial charge in [-0.15, -0.1) is 0 Å². The molecule has 1 aromatic carbocycles. The fourth-order valence-corrected chi connectivity index (χ4v) is 3.41. The van der Waals surface area contributed by atoms with Crippen LogP contribution in [0.2, 0.25) is 0 Å². The van der Waals surface area contributed by atoms with Crippen LogP contribution < -0.4 is 5.32 Å². The van der Waals surface area contributed by atoms with Crippen LogP contribution in [0.15, 0.2) is 30.3 Å². The molecule has 4 nitrogen and oxygen atoms in total. The SMILES string of the molecule is O=C(NCCC12COC(CF)(C1)C2)OCc1ccccc1. The number of nitrogens with one attached hydrogen (secondary N) is 1. The number of halogens is 1. The van der Waals surface area contributed by atoms with Crippen LogP contribution in [0.1, 0.15) is 24.8 Å². The Kier molecular flexibility index (Phi) is 3.85. The number of alkyl carbamates (subject to hydrolysis) is 1. The Hall–Kier alpha value is -1.62. The van der Waals surface area contributed by atoms with E-state index in [2.05, 4.69) is 5.32 Å². The number of benzene rings is 1. The average Bonchev–Trinajstić information content (AvgIpc) is 3.02. The second-order valence-corrected chi connectivity index (χ2v) is 6.20. The summed E-state index contributed by atoms with van der Waals surface area (Å²) in [5.41, 5.74) is 0.522. The topological polar surface area (TPSA) is 47.6 Å². The molecule has 0 aromatic heterocycles. The molecule has 5 heteroatoms. The van der Waals surface area contributed by atoms with Crippen molar-refractivity contribution in [1.82, 2.24) is 5.32 Å². The molecule has 1 aromatic rings. The van der Waals surface area contributed by atoms with Crippen LogP contribution in [-0.4, -0.2) is 31.5 Å². The van der Waals surface area contributed by atoms with E-state index in [0.717, 1.165) is 24.8 Å². The van der Waals surface area contributed by atoms with Crippen LogP contribution in [0.5, 0.6) is 0 Å². The van der Waals surface area contributed by atoms with Crippen molar-refractivity contribution in [3.63, 3.8) is 0 Å². The molecule has 1 amide bonds. The van der Waals surface area contributed by atoms with Crippen LogP contribution in [0, 0.1) is 5.41 Å². The normalized spacial score (nSPS) is 29.8. The highest BCUT2D eigenvalue weighted by atomic mass is 19.1. The van der Waals surface area contributed by atoms with E-state index >= 15 is 0 Å². The Morgan fingerprint density at radius 1 is 1.33 bits per heavy atom. The highest BCUT2D eigenvalue weighted by Gasteiger charge is 2.61. The maximum atomic E-state index is 12.8. The van der Waals surface area contributed by atoms with Crippen molar-refractivity contribution in [2.45, 2.75) is 31.5 Å². The van der Waals surface area contributed by atoms with E-state index in [4.69, 9.17) is 9.47 Å². The molecule has 21 heavy (non-hydrogen) atoms. The van der Waals surface area contributed by atoms with Crippen molar-refractivity contribution in [1.29, 1.82) is 0 Å². The first-order valence-electron chi connectivity index (χ1n) is 7.30. The monoisotopic (exact) mass is 293 g/mol. The molecular formula is C16H20FNO3. The van der Waals surface area contributed by atoms with Crippen molar-refractivity contribution < 1.29 is 18.7 Å². The molecule has 2 aliphatic heterocycles. The first kappa shape index (κ1) is 14.3. The zero-order valence-electron chi connectivity index (χ0n) is 11.9. The number of rotatable bonds is 6. The van der Waals surface area contributed by atoms with Gasteiger partial charge in [0.2, 0.25) is 0 Å². The summed E-state index contributed by atoms with van der Waals surface area (Å²) in [4.78, 5) is 11.6. The van der Waals surface area contributed by atoms with E-state index in [0.29, 0.717) is 13.2 Å². The lowest BCUT2D eigenvalue weighted by atomic mass is 9.61. The van der Waals surface area contributed by atoms with Gasteiger partial charge in [0.25, 0.3) is 0 Å². The summed E-state index contributed by atoms with van der Waals surface area (Å²) in [5.74, 6) is 0. The summed E-state index contributed by atoms with van der Waals surface area (Å²) in [6, 6.07) is 9.55. The molecule has 1 aliphatic carbocycles.